The topological polar surface area (TPSA) is 42.2 Å². The highest BCUT2D eigenvalue weighted by Crippen LogP contribution is 2.27. The third-order valence-electron chi connectivity index (χ3n) is 2.63. The first-order chi connectivity index (χ1) is 6.42. The molecule has 70 valence electrons. The van der Waals surface area contributed by atoms with Crippen molar-refractivity contribution < 1.29 is 9.21 Å². The van der Waals surface area contributed by atoms with Crippen molar-refractivity contribution in [3.05, 3.63) is 23.7 Å². The van der Waals surface area contributed by atoms with E-state index in [2.05, 4.69) is 5.32 Å². The number of hydrogen-bond donors (Lipinski definition) is 1. The van der Waals surface area contributed by atoms with Gasteiger partial charge in [0.15, 0.2) is 6.29 Å². The molecule has 0 atom stereocenters. The monoisotopic (exact) mass is 179 g/mol. The van der Waals surface area contributed by atoms with Gasteiger partial charge in [0, 0.05) is 5.56 Å². The second-order valence-electron chi connectivity index (χ2n) is 3.42. The normalized spacial score (nSPS) is 18.8. The second kappa shape index (κ2) is 3.75. The van der Waals surface area contributed by atoms with Crippen LogP contribution in [0.15, 0.2) is 16.9 Å². The summed E-state index contributed by atoms with van der Waals surface area (Å²) in [6.07, 6.45) is 6.31. The fraction of sp³-hybridized carbons (Fsp3) is 0.500. The number of nitrogens with one attached hydrogen (secondary N) is 1. The van der Waals surface area contributed by atoms with Crippen molar-refractivity contribution in [3.63, 3.8) is 0 Å². The van der Waals surface area contributed by atoms with E-state index < -0.39 is 0 Å². The highest BCUT2D eigenvalue weighted by molar-refractivity contribution is 5.76. The minimum atomic E-state index is 0.500. The van der Waals surface area contributed by atoms with Crippen LogP contribution in [0.3, 0.4) is 0 Å². The summed E-state index contributed by atoms with van der Waals surface area (Å²) in [6, 6.07) is 0. The van der Waals surface area contributed by atoms with Gasteiger partial charge in [-0.15, -0.1) is 0 Å². The Bertz CT molecular complexity index is 287. The van der Waals surface area contributed by atoms with Crippen LogP contribution >= 0.6 is 0 Å². The quantitative estimate of drug-likeness (QED) is 0.700. The molecule has 1 aromatic rings. The summed E-state index contributed by atoms with van der Waals surface area (Å²) in [5, 5.41) is 3.30. The zero-order chi connectivity index (χ0) is 9.10. The van der Waals surface area contributed by atoms with E-state index in [1.807, 2.05) is 0 Å². The first-order valence-corrected chi connectivity index (χ1v) is 4.64. The Balaban J connectivity index is 2.17. The van der Waals surface area contributed by atoms with Crippen LogP contribution in [0.4, 0.5) is 0 Å². The lowest BCUT2D eigenvalue weighted by atomic mass is 9.90. The van der Waals surface area contributed by atoms with Gasteiger partial charge in [0.25, 0.3) is 0 Å². The Morgan fingerprint density at radius 1 is 1.38 bits per heavy atom. The molecule has 0 spiro atoms. The summed E-state index contributed by atoms with van der Waals surface area (Å²) in [4.78, 5) is 10.7. The van der Waals surface area contributed by atoms with Crippen LogP contribution in [0.1, 0.15) is 34.7 Å². The largest absolute Gasteiger partial charge is 0.472 e. The standard InChI is InChI=1S/C10H13NO2/c12-5-9-6-13-7-10(9)8-1-3-11-4-2-8/h5-8,11H,1-4H2. The number of hydrogen-bond acceptors (Lipinski definition) is 3. The Hall–Kier alpha value is -1.09. The van der Waals surface area contributed by atoms with E-state index in [0.29, 0.717) is 11.5 Å². The van der Waals surface area contributed by atoms with Gasteiger partial charge in [-0.3, -0.25) is 4.79 Å². The van der Waals surface area contributed by atoms with Crippen LogP contribution in [-0.4, -0.2) is 19.4 Å². The molecule has 0 radical (unpaired) electrons. The van der Waals surface area contributed by atoms with E-state index in [9.17, 15) is 4.79 Å². The van der Waals surface area contributed by atoms with Crippen LogP contribution < -0.4 is 5.32 Å². The van der Waals surface area contributed by atoms with Gasteiger partial charge < -0.3 is 9.73 Å². The smallest absolute Gasteiger partial charge is 0.153 e. The number of carbonyl (C=O) groups excluding carboxylic acids is 1. The molecule has 0 aromatic carbocycles. The van der Waals surface area contributed by atoms with E-state index in [-0.39, 0.29) is 0 Å². The molecule has 3 nitrogen and oxygen atoms in total. The molecule has 13 heavy (non-hydrogen) atoms. The van der Waals surface area contributed by atoms with Crippen LogP contribution in [0.25, 0.3) is 0 Å². The summed E-state index contributed by atoms with van der Waals surface area (Å²) in [5.41, 5.74) is 1.79. The molecule has 0 unspecified atom stereocenters. The van der Waals surface area contributed by atoms with E-state index in [1.165, 1.54) is 6.26 Å². The van der Waals surface area contributed by atoms with Crippen molar-refractivity contribution in [1.82, 2.24) is 5.32 Å². The van der Waals surface area contributed by atoms with Gasteiger partial charge in [0.05, 0.1) is 11.8 Å². The Morgan fingerprint density at radius 2 is 2.15 bits per heavy atom. The average molecular weight is 179 g/mol. The van der Waals surface area contributed by atoms with Crippen LogP contribution in [0.2, 0.25) is 0 Å². The van der Waals surface area contributed by atoms with Crippen molar-refractivity contribution in [2.24, 2.45) is 0 Å². The summed E-state index contributed by atoms with van der Waals surface area (Å²) in [5.74, 6) is 0.500. The fourth-order valence-corrected chi connectivity index (χ4v) is 1.88. The molecule has 0 saturated carbocycles. The molecule has 1 aromatic heterocycles. The summed E-state index contributed by atoms with van der Waals surface area (Å²) >= 11 is 0. The molecule has 2 heterocycles. The maximum atomic E-state index is 10.7. The van der Waals surface area contributed by atoms with Crippen LogP contribution in [0.5, 0.6) is 0 Å². The van der Waals surface area contributed by atoms with Gasteiger partial charge in [-0.05, 0) is 31.8 Å². The highest BCUT2D eigenvalue weighted by Gasteiger charge is 2.19. The second-order valence-corrected chi connectivity index (χ2v) is 3.42. The van der Waals surface area contributed by atoms with E-state index in [0.717, 1.165) is 37.8 Å². The summed E-state index contributed by atoms with van der Waals surface area (Å²) in [7, 11) is 0. The van der Waals surface area contributed by atoms with Crippen molar-refractivity contribution >= 4 is 6.29 Å². The number of aldehydes is 1. The number of furan rings is 1. The summed E-state index contributed by atoms with van der Waals surface area (Å²) < 4.78 is 5.04. The molecular weight excluding hydrogens is 166 g/mol. The lowest BCUT2D eigenvalue weighted by molar-refractivity contribution is 0.112. The maximum absolute atomic E-state index is 10.7. The first-order valence-electron chi connectivity index (χ1n) is 4.64. The number of carbonyl (C=O) groups is 1. The summed E-state index contributed by atoms with van der Waals surface area (Å²) in [6.45, 7) is 2.07. The molecule has 0 amide bonds. The molecule has 3 heteroatoms. The Kier molecular flexibility index (Phi) is 2.45. The van der Waals surface area contributed by atoms with Crippen molar-refractivity contribution in [2.75, 3.05) is 13.1 Å². The lowest BCUT2D eigenvalue weighted by Gasteiger charge is -2.21. The number of piperidine rings is 1. The van der Waals surface area contributed by atoms with E-state index >= 15 is 0 Å². The van der Waals surface area contributed by atoms with Gasteiger partial charge in [0.2, 0.25) is 0 Å². The third-order valence-corrected chi connectivity index (χ3v) is 2.63. The van der Waals surface area contributed by atoms with Gasteiger partial charge in [-0.1, -0.05) is 0 Å². The highest BCUT2D eigenvalue weighted by atomic mass is 16.3. The van der Waals surface area contributed by atoms with Crippen LogP contribution in [0, 0.1) is 0 Å². The molecule has 1 saturated heterocycles. The Morgan fingerprint density at radius 3 is 2.85 bits per heavy atom. The van der Waals surface area contributed by atoms with Crippen molar-refractivity contribution in [1.29, 1.82) is 0 Å². The predicted octanol–water partition coefficient (Wildman–Crippen LogP) is 1.56. The van der Waals surface area contributed by atoms with Gasteiger partial charge >= 0.3 is 0 Å². The fourth-order valence-electron chi connectivity index (χ4n) is 1.88. The molecule has 1 fully saturated rings. The molecular formula is C10H13NO2. The maximum Gasteiger partial charge on any atom is 0.153 e. The zero-order valence-electron chi connectivity index (χ0n) is 7.45. The zero-order valence-corrected chi connectivity index (χ0v) is 7.45. The molecule has 0 bridgehead atoms. The van der Waals surface area contributed by atoms with Gasteiger partial charge in [-0.25, -0.2) is 0 Å². The molecule has 1 aliphatic rings. The molecule has 1 N–H and O–H groups in total. The minimum Gasteiger partial charge on any atom is -0.472 e. The molecule has 1 aliphatic heterocycles. The van der Waals surface area contributed by atoms with Gasteiger partial charge in [0.1, 0.15) is 6.26 Å². The Labute approximate surface area is 77.1 Å². The first kappa shape index (κ1) is 8.51. The van der Waals surface area contributed by atoms with Crippen molar-refractivity contribution in [3.8, 4) is 0 Å². The van der Waals surface area contributed by atoms with Crippen LogP contribution in [-0.2, 0) is 0 Å². The SMILES string of the molecule is O=Cc1cocc1C1CCNCC1. The predicted molar refractivity (Wildman–Crippen MR) is 48.9 cm³/mol. The van der Waals surface area contributed by atoms with Gasteiger partial charge in [-0.2, -0.15) is 0 Å². The lowest BCUT2D eigenvalue weighted by Crippen LogP contribution is -2.26. The molecule has 0 aliphatic carbocycles. The third kappa shape index (κ3) is 1.65. The number of rotatable bonds is 2. The van der Waals surface area contributed by atoms with E-state index in [1.54, 1.807) is 6.26 Å². The molecule has 2 rings (SSSR count). The van der Waals surface area contributed by atoms with Crippen molar-refractivity contribution in [2.45, 2.75) is 18.8 Å². The van der Waals surface area contributed by atoms with E-state index in [4.69, 9.17) is 4.42 Å². The average Bonchev–Trinajstić information content (AvgIpc) is 2.67. The minimum absolute atomic E-state index is 0.500.